The molecule has 2 N–H and O–H groups in total. The standard InChI is InChI=1S/C11H15ClN2O2S/c12-9-3-1-5-11(7-9)17(15,16)14-6-2-4-10(14)8-13/h1,3,5,7,10H,2,4,6,8,13H2/t10-/m1/s1. The summed E-state index contributed by atoms with van der Waals surface area (Å²) in [5.41, 5.74) is 5.60. The van der Waals surface area contributed by atoms with Crippen molar-refractivity contribution in [3.63, 3.8) is 0 Å². The molecule has 4 nitrogen and oxygen atoms in total. The third-order valence-corrected chi connectivity index (χ3v) is 5.18. The summed E-state index contributed by atoms with van der Waals surface area (Å²) in [4.78, 5) is 0.241. The summed E-state index contributed by atoms with van der Waals surface area (Å²) in [5.74, 6) is 0. The van der Waals surface area contributed by atoms with E-state index in [0.717, 1.165) is 12.8 Å². The average Bonchev–Trinajstić information content (AvgIpc) is 2.77. The van der Waals surface area contributed by atoms with Gasteiger partial charge < -0.3 is 5.73 Å². The van der Waals surface area contributed by atoms with Gasteiger partial charge in [0, 0.05) is 24.2 Å². The molecule has 17 heavy (non-hydrogen) atoms. The molecule has 1 fully saturated rings. The predicted octanol–water partition coefficient (Wildman–Crippen LogP) is 1.45. The van der Waals surface area contributed by atoms with Crippen molar-refractivity contribution in [2.24, 2.45) is 5.73 Å². The first-order chi connectivity index (χ1) is 8.05. The summed E-state index contributed by atoms with van der Waals surface area (Å²) < 4.78 is 26.2. The molecule has 1 aliphatic heterocycles. The van der Waals surface area contributed by atoms with Crippen molar-refractivity contribution in [2.45, 2.75) is 23.8 Å². The molecule has 0 radical (unpaired) electrons. The first-order valence-corrected chi connectivity index (χ1v) is 7.35. The fourth-order valence-corrected chi connectivity index (χ4v) is 4.13. The summed E-state index contributed by atoms with van der Waals surface area (Å²) >= 11 is 5.82. The van der Waals surface area contributed by atoms with Crippen LogP contribution in [0.2, 0.25) is 5.02 Å². The van der Waals surface area contributed by atoms with E-state index in [0.29, 0.717) is 18.1 Å². The number of nitrogens with zero attached hydrogens (tertiary/aromatic N) is 1. The summed E-state index contributed by atoms with van der Waals surface area (Å²) in [6.45, 7) is 0.899. The molecule has 6 heteroatoms. The molecule has 0 amide bonds. The zero-order chi connectivity index (χ0) is 12.5. The summed E-state index contributed by atoms with van der Waals surface area (Å²) in [7, 11) is -3.45. The molecular weight excluding hydrogens is 260 g/mol. The largest absolute Gasteiger partial charge is 0.329 e. The molecule has 1 saturated heterocycles. The fourth-order valence-electron chi connectivity index (χ4n) is 2.12. The highest BCUT2D eigenvalue weighted by Gasteiger charge is 2.34. The van der Waals surface area contributed by atoms with Crippen LogP contribution in [0.3, 0.4) is 0 Å². The normalized spacial score (nSPS) is 21.9. The van der Waals surface area contributed by atoms with Crippen molar-refractivity contribution in [1.82, 2.24) is 4.31 Å². The van der Waals surface area contributed by atoms with Crippen LogP contribution in [-0.2, 0) is 10.0 Å². The van der Waals surface area contributed by atoms with Gasteiger partial charge in [0.1, 0.15) is 0 Å². The molecule has 1 aromatic rings. The monoisotopic (exact) mass is 274 g/mol. The van der Waals surface area contributed by atoms with Crippen LogP contribution in [0.4, 0.5) is 0 Å². The Bertz CT molecular complexity index is 504. The van der Waals surface area contributed by atoms with E-state index in [9.17, 15) is 8.42 Å². The molecule has 1 atom stereocenters. The predicted molar refractivity (Wildman–Crippen MR) is 67.4 cm³/mol. The van der Waals surface area contributed by atoms with Crippen molar-refractivity contribution in [2.75, 3.05) is 13.1 Å². The molecule has 2 rings (SSSR count). The van der Waals surface area contributed by atoms with Gasteiger partial charge in [0.25, 0.3) is 0 Å². The van der Waals surface area contributed by atoms with E-state index in [1.165, 1.54) is 10.4 Å². The van der Waals surface area contributed by atoms with Crippen molar-refractivity contribution >= 4 is 21.6 Å². The lowest BCUT2D eigenvalue weighted by molar-refractivity contribution is 0.393. The molecular formula is C11H15ClN2O2S. The van der Waals surface area contributed by atoms with Gasteiger partial charge in [0.05, 0.1) is 4.90 Å². The van der Waals surface area contributed by atoms with Crippen molar-refractivity contribution in [1.29, 1.82) is 0 Å². The summed E-state index contributed by atoms with van der Waals surface area (Å²) in [6, 6.07) is 6.25. The Morgan fingerprint density at radius 1 is 1.47 bits per heavy atom. The van der Waals surface area contributed by atoms with Gasteiger partial charge >= 0.3 is 0 Å². The van der Waals surface area contributed by atoms with Crippen molar-refractivity contribution in [3.8, 4) is 0 Å². The Balaban J connectivity index is 2.36. The molecule has 0 spiro atoms. The topological polar surface area (TPSA) is 63.4 Å². The Morgan fingerprint density at radius 2 is 2.24 bits per heavy atom. The highest BCUT2D eigenvalue weighted by atomic mass is 35.5. The van der Waals surface area contributed by atoms with E-state index in [1.54, 1.807) is 18.2 Å². The van der Waals surface area contributed by atoms with Gasteiger partial charge in [-0.2, -0.15) is 4.31 Å². The van der Waals surface area contributed by atoms with Crippen LogP contribution < -0.4 is 5.73 Å². The maximum atomic E-state index is 12.4. The smallest absolute Gasteiger partial charge is 0.243 e. The summed E-state index contributed by atoms with van der Waals surface area (Å²) in [5, 5.41) is 0.426. The minimum Gasteiger partial charge on any atom is -0.329 e. The van der Waals surface area contributed by atoms with Crippen LogP contribution in [0.5, 0.6) is 0 Å². The minimum absolute atomic E-state index is 0.0843. The van der Waals surface area contributed by atoms with Gasteiger partial charge in [-0.15, -0.1) is 0 Å². The van der Waals surface area contributed by atoms with Gasteiger partial charge in [0.2, 0.25) is 10.0 Å². The van der Waals surface area contributed by atoms with Gasteiger partial charge in [-0.05, 0) is 31.0 Å². The lowest BCUT2D eigenvalue weighted by Crippen LogP contribution is -2.39. The number of nitrogens with two attached hydrogens (primary N) is 1. The Hall–Kier alpha value is -0.620. The highest BCUT2D eigenvalue weighted by Crippen LogP contribution is 2.26. The Labute approximate surface area is 106 Å². The third kappa shape index (κ3) is 2.47. The Kier molecular flexibility index (Phi) is 3.73. The number of benzene rings is 1. The minimum atomic E-state index is -3.45. The van der Waals surface area contributed by atoms with E-state index >= 15 is 0 Å². The van der Waals surface area contributed by atoms with Gasteiger partial charge in [-0.3, -0.25) is 0 Å². The van der Waals surface area contributed by atoms with Crippen molar-refractivity contribution < 1.29 is 8.42 Å². The van der Waals surface area contributed by atoms with Crippen LogP contribution in [0.15, 0.2) is 29.2 Å². The second-order valence-corrected chi connectivity index (χ2v) is 6.43. The first-order valence-electron chi connectivity index (χ1n) is 5.53. The molecule has 0 saturated carbocycles. The number of hydrogen-bond donors (Lipinski definition) is 1. The first kappa shape index (κ1) is 12.8. The molecule has 1 aliphatic rings. The van der Waals surface area contributed by atoms with Crippen LogP contribution in [0, 0.1) is 0 Å². The van der Waals surface area contributed by atoms with E-state index in [1.807, 2.05) is 0 Å². The average molecular weight is 275 g/mol. The summed E-state index contributed by atoms with van der Waals surface area (Å²) in [6.07, 6.45) is 1.69. The molecule has 0 unspecified atom stereocenters. The van der Waals surface area contributed by atoms with E-state index < -0.39 is 10.0 Å². The molecule has 0 bridgehead atoms. The number of rotatable bonds is 3. The number of hydrogen-bond acceptors (Lipinski definition) is 3. The van der Waals surface area contributed by atoms with Gasteiger partial charge in [0.15, 0.2) is 0 Å². The van der Waals surface area contributed by atoms with Crippen LogP contribution >= 0.6 is 11.6 Å². The number of sulfonamides is 1. The molecule has 0 aliphatic carbocycles. The molecule has 0 aromatic heterocycles. The number of halogens is 1. The highest BCUT2D eigenvalue weighted by molar-refractivity contribution is 7.89. The van der Waals surface area contributed by atoms with Gasteiger partial charge in [-0.1, -0.05) is 17.7 Å². The van der Waals surface area contributed by atoms with Gasteiger partial charge in [-0.25, -0.2) is 8.42 Å². The Morgan fingerprint density at radius 3 is 2.88 bits per heavy atom. The SMILES string of the molecule is NC[C@H]1CCCN1S(=O)(=O)c1cccc(Cl)c1. The van der Waals surface area contributed by atoms with E-state index in [4.69, 9.17) is 17.3 Å². The van der Waals surface area contributed by atoms with Crippen molar-refractivity contribution in [3.05, 3.63) is 29.3 Å². The maximum absolute atomic E-state index is 12.4. The zero-order valence-electron chi connectivity index (χ0n) is 9.34. The van der Waals surface area contributed by atoms with E-state index in [-0.39, 0.29) is 10.9 Å². The zero-order valence-corrected chi connectivity index (χ0v) is 10.9. The lowest BCUT2D eigenvalue weighted by atomic mass is 10.2. The van der Waals surface area contributed by atoms with Crippen LogP contribution in [0.1, 0.15) is 12.8 Å². The second-order valence-electron chi connectivity index (χ2n) is 4.10. The maximum Gasteiger partial charge on any atom is 0.243 e. The van der Waals surface area contributed by atoms with E-state index in [2.05, 4.69) is 0 Å². The fraction of sp³-hybridized carbons (Fsp3) is 0.455. The lowest BCUT2D eigenvalue weighted by Gasteiger charge is -2.22. The molecule has 1 aromatic carbocycles. The van der Waals surface area contributed by atoms with Crippen LogP contribution in [0.25, 0.3) is 0 Å². The third-order valence-electron chi connectivity index (χ3n) is 3.00. The second kappa shape index (κ2) is 4.94. The van der Waals surface area contributed by atoms with Crippen LogP contribution in [-0.4, -0.2) is 31.9 Å². The molecule has 1 heterocycles. The quantitative estimate of drug-likeness (QED) is 0.907. The molecule has 94 valence electrons.